The molecule has 1 aromatic heterocycles. The lowest BCUT2D eigenvalue weighted by Gasteiger charge is -2.22. The first-order valence-corrected chi connectivity index (χ1v) is 11.7. The molecule has 5 nitrogen and oxygen atoms in total. The summed E-state index contributed by atoms with van der Waals surface area (Å²) in [4.78, 5) is 2.32. The van der Waals surface area contributed by atoms with Crippen LogP contribution in [0.3, 0.4) is 0 Å². The second-order valence-electron chi connectivity index (χ2n) is 8.39. The van der Waals surface area contributed by atoms with Crippen molar-refractivity contribution < 1.29 is 4.74 Å². The quantitative estimate of drug-likeness (QED) is 0.496. The largest absolute Gasteiger partial charge is 0.495 e. The van der Waals surface area contributed by atoms with Crippen LogP contribution in [0.5, 0.6) is 5.75 Å². The average Bonchev–Trinajstić information content (AvgIpc) is 3.36. The number of aromatic nitrogens is 1. The van der Waals surface area contributed by atoms with Crippen molar-refractivity contribution >= 4 is 32.8 Å². The van der Waals surface area contributed by atoms with E-state index in [0.29, 0.717) is 22.6 Å². The number of likely N-dealkylation sites (tertiary alicyclic amines) is 1. The van der Waals surface area contributed by atoms with Gasteiger partial charge in [0.2, 0.25) is 0 Å². The minimum absolute atomic E-state index is 0.467. The Morgan fingerprint density at radius 1 is 1.10 bits per heavy atom. The van der Waals surface area contributed by atoms with Crippen LogP contribution in [-0.2, 0) is 6.54 Å². The number of ether oxygens (including phenoxy) is 1. The van der Waals surface area contributed by atoms with Gasteiger partial charge in [-0.3, -0.25) is 15.7 Å². The van der Waals surface area contributed by atoms with Crippen LogP contribution in [0.15, 0.2) is 24.4 Å². The third-order valence-corrected chi connectivity index (χ3v) is 7.10. The maximum atomic E-state index is 8.73. The number of rotatable bonds is 6. The van der Waals surface area contributed by atoms with Crippen LogP contribution < -0.4 is 4.74 Å². The molecule has 6 heteroatoms. The summed E-state index contributed by atoms with van der Waals surface area (Å²) < 4.78 is 7.98. The number of nitrogens with zero attached hydrogens (tertiary/aromatic N) is 2. The van der Waals surface area contributed by atoms with E-state index in [0.717, 1.165) is 41.9 Å². The van der Waals surface area contributed by atoms with E-state index in [-0.39, 0.29) is 0 Å². The van der Waals surface area contributed by atoms with Crippen LogP contribution in [0.4, 0.5) is 0 Å². The van der Waals surface area contributed by atoms with Gasteiger partial charge in [0.25, 0.3) is 0 Å². The lowest BCUT2D eigenvalue weighted by atomic mass is 9.89. The van der Waals surface area contributed by atoms with E-state index in [1.54, 1.807) is 7.11 Å². The molecule has 2 fully saturated rings. The summed E-state index contributed by atoms with van der Waals surface area (Å²) in [6, 6.07) is 6.10. The van der Waals surface area contributed by atoms with Gasteiger partial charge in [0.15, 0.2) is 0 Å². The van der Waals surface area contributed by atoms with E-state index in [1.807, 2.05) is 12.1 Å². The van der Waals surface area contributed by atoms with Crippen molar-refractivity contribution in [1.82, 2.24) is 9.47 Å². The molecular weight excluding hydrogens is 380 g/mol. The fraction of sp³-hybridized carbons (Fsp3) is 0.565. The molecule has 2 aliphatic rings. The van der Waals surface area contributed by atoms with Crippen LogP contribution in [0.25, 0.3) is 10.9 Å². The Labute approximate surface area is 177 Å². The van der Waals surface area contributed by atoms with E-state index in [9.17, 15) is 0 Å². The van der Waals surface area contributed by atoms with E-state index >= 15 is 0 Å². The van der Waals surface area contributed by atoms with Gasteiger partial charge in [-0.25, -0.2) is 0 Å². The van der Waals surface area contributed by atoms with Crippen molar-refractivity contribution in [1.29, 1.82) is 10.8 Å². The number of hydrogen-bond acceptors (Lipinski definition) is 5. The molecule has 2 N–H and O–H groups in total. The van der Waals surface area contributed by atoms with Crippen molar-refractivity contribution in [2.24, 2.45) is 5.92 Å². The monoisotopic (exact) mass is 412 g/mol. The number of hydrogen-bond donors (Lipinski definition) is 2. The topological polar surface area (TPSA) is 65.1 Å². The maximum absolute atomic E-state index is 8.73. The Balaban J connectivity index is 1.57. The number of benzene rings is 1. The third kappa shape index (κ3) is 4.69. The number of thioether (sulfide) groups is 1. The second kappa shape index (κ2) is 9.35. The summed E-state index contributed by atoms with van der Waals surface area (Å²) in [6.07, 6.45) is 11.2. The van der Waals surface area contributed by atoms with Gasteiger partial charge >= 0.3 is 0 Å². The Kier molecular flexibility index (Phi) is 6.60. The maximum Gasteiger partial charge on any atom is 0.143 e. The zero-order valence-corrected chi connectivity index (χ0v) is 18.2. The summed E-state index contributed by atoms with van der Waals surface area (Å²) in [5, 5.41) is 19.2. The van der Waals surface area contributed by atoms with Crippen molar-refractivity contribution in [2.45, 2.75) is 51.5 Å². The highest BCUT2D eigenvalue weighted by atomic mass is 32.2. The Morgan fingerprint density at radius 3 is 2.59 bits per heavy atom. The molecule has 0 amide bonds. The lowest BCUT2D eigenvalue weighted by Crippen LogP contribution is -2.25. The zero-order valence-electron chi connectivity index (χ0n) is 17.4. The van der Waals surface area contributed by atoms with Gasteiger partial charge in [-0.1, -0.05) is 43.2 Å². The molecule has 0 unspecified atom stereocenters. The normalized spacial score (nSPS) is 18.4. The number of para-hydroxylation sites is 1. The van der Waals surface area contributed by atoms with Crippen molar-refractivity contribution in [2.75, 3.05) is 26.7 Å². The van der Waals surface area contributed by atoms with E-state index in [4.69, 9.17) is 15.6 Å². The Hall–Kier alpha value is -1.79. The molecule has 2 heterocycles. The fourth-order valence-electron chi connectivity index (χ4n) is 4.82. The molecule has 1 aliphatic heterocycles. The summed E-state index contributed by atoms with van der Waals surface area (Å²) in [6.45, 7) is 3.81. The van der Waals surface area contributed by atoms with Gasteiger partial charge in [-0.15, -0.1) is 0 Å². The van der Waals surface area contributed by atoms with E-state index in [1.165, 1.54) is 56.7 Å². The van der Waals surface area contributed by atoms with Crippen LogP contribution in [-0.4, -0.2) is 46.3 Å². The first kappa shape index (κ1) is 20.5. The molecule has 1 aromatic carbocycles. The zero-order chi connectivity index (χ0) is 20.2. The summed E-state index contributed by atoms with van der Waals surface area (Å²) in [5.74, 6) is 1.57. The van der Waals surface area contributed by atoms with Gasteiger partial charge in [-0.2, -0.15) is 0 Å². The van der Waals surface area contributed by atoms with Crippen molar-refractivity contribution in [3.63, 3.8) is 0 Å². The lowest BCUT2D eigenvalue weighted by molar-refractivity contribution is 0.321. The average molecular weight is 413 g/mol. The van der Waals surface area contributed by atoms with Crippen LogP contribution >= 0.6 is 11.8 Å². The minimum Gasteiger partial charge on any atom is -0.495 e. The number of fused-ring (bicyclic) bond motifs is 1. The summed E-state index contributed by atoms with van der Waals surface area (Å²) in [7, 11) is 1.72. The fourth-order valence-corrected chi connectivity index (χ4v) is 5.58. The highest BCUT2D eigenvalue weighted by Gasteiger charge is 2.21. The highest BCUT2D eigenvalue weighted by molar-refractivity contribution is 8.26. The van der Waals surface area contributed by atoms with Crippen molar-refractivity contribution in [3.8, 4) is 5.75 Å². The first-order chi connectivity index (χ1) is 14.2. The molecule has 1 aliphatic carbocycles. The molecule has 0 spiro atoms. The third-order valence-electron chi connectivity index (χ3n) is 6.30. The Morgan fingerprint density at radius 2 is 1.86 bits per heavy atom. The molecule has 0 bridgehead atoms. The van der Waals surface area contributed by atoms with Gasteiger partial charge in [-0.05, 0) is 50.8 Å². The minimum atomic E-state index is 0.467. The predicted octanol–water partition coefficient (Wildman–Crippen LogP) is 5.36. The second-order valence-corrected chi connectivity index (χ2v) is 9.50. The number of nitrogens with one attached hydrogen (secondary N) is 2. The SMILES string of the molecule is COc1cccc2c(C(=N)SC(=N)CN3CCCC3)cn(CC3CCCCC3)c12. The molecular formula is C23H32N4OS. The molecule has 156 valence electrons. The molecule has 0 atom stereocenters. The van der Waals surface area contributed by atoms with E-state index in [2.05, 4.69) is 21.7 Å². The standard InChI is InChI=1S/C23H32N4OS/c1-28-20-11-7-10-18-19(23(25)29-21(24)16-26-12-5-6-13-26)15-27(22(18)20)14-17-8-3-2-4-9-17/h7,10-11,15,17,24-25H,2-6,8-9,12-14,16H2,1H3. The first-order valence-electron chi connectivity index (χ1n) is 10.9. The van der Waals surface area contributed by atoms with E-state index < -0.39 is 0 Å². The predicted molar refractivity (Wildman–Crippen MR) is 123 cm³/mol. The molecule has 1 saturated heterocycles. The molecule has 4 rings (SSSR count). The van der Waals surface area contributed by atoms with Gasteiger partial charge in [0, 0.05) is 30.2 Å². The number of methoxy groups -OCH3 is 1. The molecule has 2 aromatic rings. The Bertz CT molecular complexity index is 878. The summed E-state index contributed by atoms with van der Waals surface area (Å²) >= 11 is 1.30. The summed E-state index contributed by atoms with van der Waals surface area (Å²) in [5.41, 5.74) is 2.01. The smallest absolute Gasteiger partial charge is 0.143 e. The van der Waals surface area contributed by atoms with Gasteiger partial charge < -0.3 is 9.30 Å². The molecule has 29 heavy (non-hydrogen) atoms. The molecule has 1 saturated carbocycles. The van der Waals surface area contributed by atoms with Crippen molar-refractivity contribution in [3.05, 3.63) is 30.0 Å². The van der Waals surface area contributed by atoms with Crippen LogP contribution in [0.2, 0.25) is 0 Å². The molecule has 0 radical (unpaired) electrons. The van der Waals surface area contributed by atoms with Gasteiger partial charge in [0.05, 0.1) is 17.7 Å². The van der Waals surface area contributed by atoms with Gasteiger partial charge in [0.1, 0.15) is 10.8 Å². The van der Waals surface area contributed by atoms with Crippen LogP contribution in [0.1, 0.15) is 50.5 Å². The van der Waals surface area contributed by atoms with Crippen LogP contribution in [0, 0.1) is 16.7 Å². The highest BCUT2D eigenvalue weighted by Crippen LogP contribution is 2.34.